The Bertz CT molecular complexity index is 1260. The number of carbonyl (C=O) groups is 3. The predicted octanol–water partition coefficient (Wildman–Crippen LogP) is 4.39. The average Bonchev–Trinajstić information content (AvgIpc) is 3.28. The first-order valence-electron chi connectivity index (χ1n) is 12.1. The quantitative estimate of drug-likeness (QED) is 0.555. The van der Waals surface area contributed by atoms with E-state index in [0.29, 0.717) is 24.2 Å². The van der Waals surface area contributed by atoms with Crippen molar-refractivity contribution in [3.63, 3.8) is 0 Å². The summed E-state index contributed by atoms with van der Waals surface area (Å²) in [6.07, 6.45) is 1.64. The van der Waals surface area contributed by atoms with Crippen LogP contribution >= 0.6 is 0 Å². The molecule has 1 fully saturated rings. The number of anilines is 1. The monoisotopic (exact) mass is 488 g/mol. The van der Waals surface area contributed by atoms with Crippen molar-refractivity contribution in [2.75, 3.05) is 18.4 Å². The summed E-state index contributed by atoms with van der Waals surface area (Å²) in [4.78, 5) is 45.0. The first kappa shape index (κ1) is 25.2. The van der Waals surface area contributed by atoms with Crippen molar-refractivity contribution < 1.29 is 19.1 Å². The molecule has 4 rings (SSSR count). The lowest BCUT2D eigenvalue weighted by atomic mass is 9.90. The summed E-state index contributed by atoms with van der Waals surface area (Å²) in [5.74, 6) is -0.812. The van der Waals surface area contributed by atoms with Gasteiger partial charge in [-0.05, 0) is 51.8 Å². The van der Waals surface area contributed by atoms with Crippen LogP contribution in [0.3, 0.4) is 0 Å². The Hall–Kier alpha value is -3.94. The van der Waals surface area contributed by atoms with Crippen LogP contribution in [0.5, 0.6) is 0 Å². The number of likely N-dealkylation sites (tertiary alicyclic amines) is 1. The van der Waals surface area contributed by atoms with Crippen LogP contribution in [0.4, 0.5) is 10.5 Å². The summed E-state index contributed by atoms with van der Waals surface area (Å²) in [6.45, 7) is 7.42. The number of nitrogens with zero attached hydrogens (tertiary/aromatic N) is 2. The zero-order chi connectivity index (χ0) is 25.9. The van der Waals surface area contributed by atoms with Crippen LogP contribution in [0.15, 0.2) is 60.8 Å². The molecule has 2 aromatic carbocycles. The minimum absolute atomic E-state index is 0.181. The van der Waals surface area contributed by atoms with Crippen LogP contribution in [0.1, 0.15) is 44.2 Å². The van der Waals surface area contributed by atoms with Gasteiger partial charge in [-0.2, -0.15) is 0 Å². The lowest BCUT2D eigenvalue weighted by molar-refractivity contribution is -0.136. The Morgan fingerprint density at radius 1 is 1.06 bits per heavy atom. The Kier molecular flexibility index (Phi) is 7.24. The van der Waals surface area contributed by atoms with Crippen molar-refractivity contribution in [1.29, 1.82) is 0 Å². The standard InChI is InChI=1S/C28H32N4O4/c1-18-10-12-19(13-11-18)21-14-16-32(23(33)17-30-27(35)36-28(2,3)4)25(21)26(34)31-22-9-5-7-20-8-6-15-29-24(20)22/h5-13,15,21,25H,14,16-17H2,1-4H3,(H,30,35)(H,31,34). The maximum atomic E-state index is 13.7. The van der Waals surface area contributed by atoms with Crippen LogP contribution in [-0.4, -0.2) is 52.5 Å². The van der Waals surface area contributed by atoms with Crippen LogP contribution < -0.4 is 10.6 Å². The molecule has 0 saturated carbocycles. The highest BCUT2D eigenvalue weighted by molar-refractivity contribution is 6.04. The van der Waals surface area contributed by atoms with E-state index in [4.69, 9.17) is 4.74 Å². The maximum absolute atomic E-state index is 13.7. The smallest absolute Gasteiger partial charge is 0.408 e. The molecule has 1 aromatic heterocycles. The first-order chi connectivity index (χ1) is 17.1. The number of aryl methyl sites for hydroxylation is 1. The minimum Gasteiger partial charge on any atom is -0.444 e. The fourth-order valence-electron chi connectivity index (χ4n) is 4.53. The van der Waals surface area contributed by atoms with E-state index >= 15 is 0 Å². The number of para-hydroxylation sites is 1. The zero-order valence-corrected chi connectivity index (χ0v) is 21.1. The number of fused-ring (bicyclic) bond motifs is 1. The largest absolute Gasteiger partial charge is 0.444 e. The molecule has 1 saturated heterocycles. The number of alkyl carbamates (subject to hydrolysis) is 1. The topological polar surface area (TPSA) is 101 Å². The number of benzene rings is 2. The molecule has 3 amide bonds. The number of amides is 3. The van der Waals surface area contributed by atoms with E-state index in [1.165, 1.54) is 0 Å². The minimum atomic E-state index is -0.736. The molecular weight excluding hydrogens is 456 g/mol. The maximum Gasteiger partial charge on any atom is 0.408 e. The van der Waals surface area contributed by atoms with Gasteiger partial charge < -0.3 is 20.3 Å². The molecule has 8 nitrogen and oxygen atoms in total. The average molecular weight is 489 g/mol. The summed E-state index contributed by atoms with van der Waals surface area (Å²) in [7, 11) is 0. The molecule has 3 aromatic rings. The number of nitrogens with one attached hydrogen (secondary N) is 2. The van der Waals surface area contributed by atoms with E-state index < -0.39 is 17.7 Å². The van der Waals surface area contributed by atoms with Gasteiger partial charge in [0.1, 0.15) is 18.2 Å². The van der Waals surface area contributed by atoms with Crippen LogP contribution in [0, 0.1) is 6.92 Å². The van der Waals surface area contributed by atoms with Gasteiger partial charge in [0.2, 0.25) is 11.8 Å². The SMILES string of the molecule is Cc1ccc(C2CCN(C(=O)CNC(=O)OC(C)(C)C)C2C(=O)Nc2cccc3cccnc23)cc1. The van der Waals surface area contributed by atoms with Gasteiger partial charge in [0.15, 0.2) is 0 Å². The van der Waals surface area contributed by atoms with Crippen LogP contribution in [-0.2, 0) is 14.3 Å². The summed E-state index contributed by atoms with van der Waals surface area (Å²) in [5, 5.41) is 6.44. The number of rotatable bonds is 5. The lowest BCUT2D eigenvalue weighted by Crippen LogP contribution is -2.49. The Labute approximate surface area is 211 Å². The van der Waals surface area contributed by atoms with Crippen molar-refractivity contribution >= 4 is 34.5 Å². The predicted molar refractivity (Wildman–Crippen MR) is 139 cm³/mol. The van der Waals surface area contributed by atoms with Gasteiger partial charge in [-0.3, -0.25) is 14.6 Å². The summed E-state index contributed by atoms with van der Waals surface area (Å²) < 4.78 is 5.24. The van der Waals surface area contributed by atoms with Gasteiger partial charge in [-0.1, -0.05) is 48.0 Å². The van der Waals surface area contributed by atoms with E-state index in [9.17, 15) is 14.4 Å². The summed E-state index contributed by atoms with van der Waals surface area (Å²) in [6, 6.07) is 16.7. The molecule has 8 heteroatoms. The highest BCUT2D eigenvalue weighted by Crippen LogP contribution is 2.35. The molecule has 188 valence electrons. The number of hydrogen-bond acceptors (Lipinski definition) is 5. The van der Waals surface area contributed by atoms with Crippen molar-refractivity contribution in [3.8, 4) is 0 Å². The second-order valence-electron chi connectivity index (χ2n) is 10.1. The van der Waals surface area contributed by atoms with Crippen molar-refractivity contribution in [3.05, 3.63) is 71.9 Å². The zero-order valence-electron chi connectivity index (χ0n) is 21.1. The highest BCUT2D eigenvalue weighted by Gasteiger charge is 2.42. The van der Waals surface area contributed by atoms with Gasteiger partial charge in [-0.15, -0.1) is 0 Å². The lowest BCUT2D eigenvalue weighted by Gasteiger charge is -2.28. The molecular formula is C28H32N4O4. The van der Waals surface area contributed by atoms with Gasteiger partial charge in [0.05, 0.1) is 11.2 Å². The van der Waals surface area contributed by atoms with Crippen molar-refractivity contribution in [1.82, 2.24) is 15.2 Å². The Morgan fingerprint density at radius 2 is 1.78 bits per heavy atom. The fraction of sp³-hybridized carbons (Fsp3) is 0.357. The second kappa shape index (κ2) is 10.4. The molecule has 1 aliphatic rings. The molecule has 0 aliphatic carbocycles. The van der Waals surface area contributed by atoms with Gasteiger partial charge >= 0.3 is 6.09 Å². The second-order valence-corrected chi connectivity index (χ2v) is 10.1. The van der Waals surface area contributed by atoms with E-state index in [0.717, 1.165) is 16.5 Å². The third-order valence-corrected chi connectivity index (χ3v) is 6.17. The first-order valence-corrected chi connectivity index (χ1v) is 12.1. The molecule has 1 aliphatic heterocycles. The molecule has 2 heterocycles. The Morgan fingerprint density at radius 3 is 2.50 bits per heavy atom. The molecule has 0 radical (unpaired) electrons. The van der Waals surface area contributed by atoms with Crippen LogP contribution in [0.25, 0.3) is 10.9 Å². The van der Waals surface area contributed by atoms with E-state index in [1.54, 1.807) is 37.9 Å². The number of aromatic nitrogens is 1. The summed E-state index contributed by atoms with van der Waals surface area (Å²) >= 11 is 0. The van der Waals surface area contributed by atoms with E-state index in [1.807, 2.05) is 55.5 Å². The van der Waals surface area contributed by atoms with Crippen molar-refractivity contribution in [2.24, 2.45) is 0 Å². The van der Waals surface area contributed by atoms with Gasteiger partial charge in [0.25, 0.3) is 0 Å². The molecule has 2 atom stereocenters. The van der Waals surface area contributed by atoms with E-state index in [2.05, 4.69) is 15.6 Å². The fourth-order valence-corrected chi connectivity index (χ4v) is 4.53. The number of carbonyl (C=O) groups excluding carboxylic acids is 3. The van der Waals surface area contributed by atoms with E-state index in [-0.39, 0.29) is 24.3 Å². The number of ether oxygens (including phenoxy) is 1. The molecule has 2 N–H and O–H groups in total. The van der Waals surface area contributed by atoms with Crippen molar-refractivity contribution in [2.45, 2.75) is 51.7 Å². The molecule has 2 unspecified atom stereocenters. The third-order valence-electron chi connectivity index (χ3n) is 6.17. The number of pyridine rings is 1. The molecule has 36 heavy (non-hydrogen) atoms. The Balaban J connectivity index is 1.57. The number of hydrogen-bond donors (Lipinski definition) is 2. The molecule has 0 bridgehead atoms. The third kappa shape index (κ3) is 5.82. The molecule has 0 spiro atoms. The van der Waals surface area contributed by atoms with Crippen LogP contribution in [0.2, 0.25) is 0 Å². The highest BCUT2D eigenvalue weighted by atomic mass is 16.6. The summed E-state index contributed by atoms with van der Waals surface area (Å²) in [5.41, 5.74) is 2.71. The van der Waals surface area contributed by atoms with Gasteiger partial charge in [-0.25, -0.2) is 4.79 Å². The van der Waals surface area contributed by atoms with Gasteiger partial charge in [0, 0.05) is 24.0 Å². The normalized spacial score (nSPS) is 17.6.